The molecule has 130 valence electrons. The van der Waals surface area contributed by atoms with E-state index < -0.39 is 10.5 Å². The molecule has 0 spiro atoms. The van der Waals surface area contributed by atoms with Gasteiger partial charge in [0.05, 0.1) is 28.7 Å². The highest BCUT2D eigenvalue weighted by molar-refractivity contribution is 5.96. The smallest absolute Gasteiger partial charge is 0.270 e. The van der Waals surface area contributed by atoms with Gasteiger partial charge >= 0.3 is 0 Å². The molecule has 0 radical (unpaired) electrons. The number of hydrogen-bond acceptors (Lipinski definition) is 5. The Morgan fingerprint density at radius 3 is 2.77 bits per heavy atom. The molecule has 26 heavy (non-hydrogen) atoms. The number of nitro benzene ring substituents is 1. The Morgan fingerprint density at radius 1 is 1.15 bits per heavy atom. The average Bonchev–Trinajstić information content (AvgIpc) is 3.11. The summed E-state index contributed by atoms with van der Waals surface area (Å²) in [5.41, 5.74) is 2.75. The van der Waals surface area contributed by atoms with E-state index in [4.69, 9.17) is 0 Å². The first-order valence-electron chi connectivity index (χ1n) is 8.31. The summed E-state index contributed by atoms with van der Waals surface area (Å²) in [5.74, 6) is -0.187. The van der Waals surface area contributed by atoms with Crippen molar-refractivity contribution in [2.24, 2.45) is 0 Å². The highest BCUT2D eigenvalue weighted by atomic mass is 16.6. The van der Waals surface area contributed by atoms with Crippen molar-refractivity contribution in [3.63, 3.8) is 0 Å². The minimum atomic E-state index is -0.564. The van der Waals surface area contributed by atoms with Crippen LogP contribution in [0.4, 0.5) is 5.69 Å². The Hall–Kier alpha value is -3.35. The minimum Gasteiger partial charge on any atom is -0.292 e. The first-order chi connectivity index (χ1) is 12.5. The summed E-state index contributed by atoms with van der Waals surface area (Å²) in [5, 5.41) is 11.0. The fourth-order valence-corrected chi connectivity index (χ4v) is 3.36. The minimum absolute atomic E-state index is 0.128. The number of aryl methyl sites for hydroxylation is 2. The molecule has 0 unspecified atom stereocenters. The molecule has 0 amide bonds. The summed E-state index contributed by atoms with van der Waals surface area (Å²) < 4.78 is 1.20. The van der Waals surface area contributed by atoms with Crippen molar-refractivity contribution in [3.8, 4) is 0 Å². The van der Waals surface area contributed by atoms with Crippen LogP contribution < -0.4 is 5.56 Å². The van der Waals surface area contributed by atoms with Crippen LogP contribution >= 0.6 is 0 Å². The van der Waals surface area contributed by atoms with Crippen LogP contribution in [-0.4, -0.2) is 20.3 Å². The fourth-order valence-electron chi connectivity index (χ4n) is 3.36. The van der Waals surface area contributed by atoms with Crippen LogP contribution in [0.2, 0.25) is 0 Å². The summed E-state index contributed by atoms with van der Waals surface area (Å²) in [6, 6.07) is 9.59. The van der Waals surface area contributed by atoms with E-state index in [0.717, 1.165) is 19.3 Å². The van der Waals surface area contributed by atoms with Gasteiger partial charge in [-0.05, 0) is 42.5 Å². The van der Waals surface area contributed by atoms with Crippen LogP contribution in [-0.2, 0) is 19.4 Å². The van der Waals surface area contributed by atoms with Crippen molar-refractivity contribution in [1.29, 1.82) is 0 Å². The molecule has 0 N–H and O–H groups in total. The molecular weight excluding hydrogens is 334 g/mol. The molecule has 1 heterocycles. The maximum Gasteiger partial charge on any atom is 0.270 e. The number of ketones is 1. The lowest BCUT2D eigenvalue weighted by atomic mass is 10.0. The second-order valence-electron chi connectivity index (χ2n) is 6.40. The lowest BCUT2D eigenvalue weighted by molar-refractivity contribution is -0.384. The SMILES string of the molecule is O=C(Cn1cnc2ccc([N+](=O)[O-])cc2c1=O)c1ccc2c(c1)CCC2. The Bertz CT molecular complexity index is 1120. The van der Waals surface area contributed by atoms with Crippen LogP contribution in [0.15, 0.2) is 47.5 Å². The van der Waals surface area contributed by atoms with Gasteiger partial charge in [-0.2, -0.15) is 0 Å². The second kappa shape index (κ2) is 6.18. The number of nitro groups is 1. The number of hydrogen-bond donors (Lipinski definition) is 0. The topological polar surface area (TPSA) is 95.1 Å². The molecule has 0 saturated carbocycles. The van der Waals surface area contributed by atoms with Crippen LogP contribution in [0.25, 0.3) is 10.9 Å². The van der Waals surface area contributed by atoms with Gasteiger partial charge in [0.25, 0.3) is 11.2 Å². The molecule has 1 aliphatic carbocycles. The largest absolute Gasteiger partial charge is 0.292 e. The number of carbonyl (C=O) groups is 1. The number of nitrogens with zero attached hydrogens (tertiary/aromatic N) is 3. The quantitative estimate of drug-likeness (QED) is 0.410. The first-order valence-corrected chi connectivity index (χ1v) is 8.31. The summed E-state index contributed by atoms with van der Waals surface area (Å²) in [6.45, 7) is -0.150. The molecule has 0 saturated heterocycles. The molecular formula is C19H15N3O4. The number of Topliss-reactive ketones (excluding diaryl/α,β-unsaturated/α-hetero) is 1. The van der Waals surface area contributed by atoms with Gasteiger partial charge in [-0.15, -0.1) is 0 Å². The molecule has 7 heteroatoms. The zero-order chi connectivity index (χ0) is 18.3. The molecule has 1 aromatic heterocycles. The fraction of sp³-hybridized carbons (Fsp3) is 0.211. The summed E-state index contributed by atoms with van der Waals surface area (Å²) in [4.78, 5) is 39.7. The number of benzene rings is 2. The predicted molar refractivity (Wildman–Crippen MR) is 95.5 cm³/mol. The maximum absolute atomic E-state index is 12.6. The highest BCUT2D eigenvalue weighted by Crippen LogP contribution is 2.23. The van der Waals surface area contributed by atoms with Crippen LogP contribution in [0, 0.1) is 10.1 Å². The Morgan fingerprint density at radius 2 is 1.96 bits per heavy atom. The highest BCUT2D eigenvalue weighted by Gasteiger charge is 2.16. The number of fused-ring (bicyclic) bond motifs is 2. The summed E-state index contributed by atoms with van der Waals surface area (Å²) >= 11 is 0. The summed E-state index contributed by atoms with van der Waals surface area (Å²) in [7, 11) is 0. The molecule has 0 fully saturated rings. The van der Waals surface area contributed by atoms with Gasteiger partial charge in [-0.25, -0.2) is 4.98 Å². The van der Waals surface area contributed by atoms with E-state index >= 15 is 0 Å². The zero-order valence-corrected chi connectivity index (χ0v) is 13.8. The molecule has 0 aliphatic heterocycles. The van der Waals surface area contributed by atoms with E-state index in [-0.39, 0.29) is 23.4 Å². The van der Waals surface area contributed by atoms with E-state index in [1.165, 1.54) is 40.2 Å². The van der Waals surface area contributed by atoms with Crippen molar-refractivity contribution in [3.05, 3.63) is 79.9 Å². The van der Waals surface area contributed by atoms with Gasteiger partial charge < -0.3 is 0 Å². The zero-order valence-electron chi connectivity index (χ0n) is 13.8. The number of aromatic nitrogens is 2. The van der Waals surface area contributed by atoms with Gasteiger partial charge in [-0.3, -0.25) is 24.3 Å². The molecule has 0 atom stereocenters. The summed E-state index contributed by atoms with van der Waals surface area (Å²) in [6.07, 6.45) is 4.41. The monoisotopic (exact) mass is 349 g/mol. The van der Waals surface area contributed by atoms with Gasteiger partial charge in [-0.1, -0.05) is 12.1 Å². The van der Waals surface area contributed by atoms with Crippen LogP contribution in [0.3, 0.4) is 0 Å². The Labute approximate surface area is 148 Å². The average molecular weight is 349 g/mol. The van der Waals surface area contributed by atoms with Gasteiger partial charge in [0.1, 0.15) is 0 Å². The molecule has 4 rings (SSSR count). The van der Waals surface area contributed by atoms with Crippen molar-refractivity contribution in [1.82, 2.24) is 9.55 Å². The predicted octanol–water partition coefficient (Wildman–Crippen LogP) is 2.68. The van der Waals surface area contributed by atoms with Crippen molar-refractivity contribution < 1.29 is 9.72 Å². The van der Waals surface area contributed by atoms with E-state index in [1.807, 2.05) is 12.1 Å². The maximum atomic E-state index is 12.6. The van der Waals surface area contributed by atoms with Crippen LogP contribution in [0.5, 0.6) is 0 Å². The first kappa shape index (κ1) is 16.1. The number of carbonyl (C=O) groups excluding carboxylic acids is 1. The Balaban J connectivity index is 1.68. The van der Waals surface area contributed by atoms with Gasteiger partial charge in [0.2, 0.25) is 0 Å². The van der Waals surface area contributed by atoms with Crippen molar-refractivity contribution in [2.45, 2.75) is 25.8 Å². The normalized spacial score (nSPS) is 12.9. The standard InChI is InChI=1S/C19H15N3O4/c23-18(14-5-4-12-2-1-3-13(12)8-14)10-21-11-20-17-7-6-15(22(25)26)9-16(17)19(21)24/h4-9,11H,1-3,10H2. The molecule has 3 aromatic rings. The molecule has 0 bridgehead atoms. The molecule has 2 aromatic carbocycles. The third-order valence-corrected chi connectivity index (χ3v) is 4.75. The van der Waals surface area contributed by atoms with Crippen LogP contribution in [0.1, 0.15) is 27.9 Å². The van der Waals surface area contributed by atoms with E-state index in [1.54, 1.807) is 6.07 Å². The lowest BCUT2D eigenvalue weighted by Crippen LogP contribution is -2.24. The van der Waals surface area contributed by atoms with E-state index in [9.17, 15) is 19.7 Å². The number of rotatable bonds is 4. The number of non-ortho nitro benzene ring substituents is 1. The Kier molecular flexibility index (Phi) is 3.84. The van der Waals surface area contributed by atoms with Crippen molar-refractivity contribution >= 4 is 22.4 Å². The third kappa shape index (κ3) is 2.77. The van der Waals surface area contributed by atoms with E-state index in [2.05, 4.69) is 4.98 Å². The van der Waals surface area contributed by atoms with Crippen molar-refractivity contribution in [2.75, 3.05) is 0 Å². The van der Waals surface area contributed by atoms with E-state index in [0.29, 0.717) is 11.1 Å². The van der Waals surface area contributed by atoms with Gasteiger partial charge in [0.15, 0.2) is 5.78 Å². The lowest BCUT2D eigenvalue weighted by Gasteiger charge is -2.07. The molecule has 7 nitrogen and oxygen atoms in total. The molecule has 1 aliphatic rings. The third-order valence-electron chi connectivity index (χ3n) is 4.75. The van der Waals surface area contributed by atoms with Gasteiger partial charge in [0, 0.05) is 17.7 Å². The second-order valence-corrected chi connectivity index (χ2v) is 6.40.